The van der Waals surface area contributed by atoms with E-state index >= 15 is 0 Å². The standard InChI is InChI=1S/C46H67N7O9S/c1-27(2)37-39(28(3)4)61-41(47-37)33-20-17-21-34-38(33)48-44(53(34)29(5)6)60-32-24-35-40(55)49-46(43(57)50-63(58,59)51(10)11)25-31(46)19-16-14-12-13-15-18-30(42(56)52(35)26-32)22-23-36(54)62-45(7,8)9/h16-17,19-21,27-32,35H,12-15,18,22-26H2,1-11H3,(H,49,55)(H,50,57). The molecule has 6 rings (SSSR count). The number of allylic oxidation sites excluding steroid dienone is 1. The third-order valence-corrected chi connectivity index (χ3v) is 13.4. The minimum Gasteiger partial charge on any atom is -0.460 e. The second-order valence-corrected chi connectivity index (χ2v) is 21.4. The summed E-state index contributed by atoms with van der Waals surface area (Å²) in [5.41, 5.74) is 0.790. The van der Waals surface area contributed by atoms with Gasteiger partial charge in [0.05, 0.1) is 23.3 Å². The van der Waals surface area contributed by atoms with E-state index in [1.54, 1.807) is 20.8 Å². The van der Waals surface area contributed by atoms with Crippen LogP contribution in [0.25, 0.3) is 22.5 Å². The molecule has 1 aromatic carbocycles. The number of hydrogen-bond donors (Lipinski definition) is 2. The fourth-order valence-corrected chi connectivity index (χ4v) is 9.24. The summed E-state index contributed by atoms with van der Waals surface area (Å²) in [4.78, 5) is 67.8. The molecular weight excluding hydrogens is 827 g/mol. The number of carbonyl (C=O) groups is 4. The molecule has 2 aromatic heterocycles. The van der Waals surface area contributed by atoms with Crippen molar-refractivity contribution in [1.82, 2.24) is 33.8 Å². The van der Waals surface area contributed by atoms with Crippen molar-refractivity contribution < 1.29 is 41.5 Å². The summed E-state index contributed by atoms with van der Waals surface area (Å²) in [5, 5.41) is 2.92. The van der Waals surface area contributed by atoms with Gasteiger partial charge in [-0.25, -0.2) is 9.71 Å². The van der Waals surface area contributed by atoms with Gasteiger partial charge in [-0.15, -0.1) is 0 Å². The Labute approximate surface area is 372 Å². The van der Waals surface area contributed by atoms with Gasteiger partial charge in [-0.1, -0.05) is 58.8 Å². The number of carbonyl (C=O) groups excluding carboxylic acids is 4. The Morgan fingerprint density at radius 3 is 2.41 bits per heavy atom. The molecule has 5 atom stereocenters. The van der Waals surface area contributed by atoms with Crippen LogP contribution < -0.4 is 14.8 Å². The molecule has 3 aromatic rings. The van der Waals surface area contributed by atoms with Crippen molar-refractivity contribution in [2.24, 2.45) is 11.8 Å². The Kier molecular flexibility index (Phi) is 14.2. The van der Waals surface area contributed by atoms with Crippen LogP contribution in [0.5, 0.6) is 6.01 Å². The third kappa shape index (κ3) is 10.6. The maximum absolute atomic E-state index is 14.8. The molecule has 3 amide bonds. The fourth-order valence-electron chi connectivity index (χ4n) is 8.65. The second kappa shape index (κ2) is 18.8. The molecule has 2 fully saturated rings. The molecule has 1 aliphatic carbocycles. The molecule has 2 aliphatic heterocycles. The number of para-hydroxylation sites is 1. The van der Waals surface area contributed by atoms with Gasteiger partial charge < -0.3 is 24.1 Å². The zero-order valence-corrected chi connectivity index (χ0v) is 39.6. The Morgan fingerprint density at radius 2 is 1.78 bits per heavy atom. The van der Waals surface area contributed by atoms with Gasteiger partial charge in [-0.3, -0.25) is 23.7 Å². The van der Waals surface area contributed by atoms with Gasteiger partial charge in [-0.05, 0) is 84.8 Å². The van der Waals surface area contributed by atoms with Crippen molar-refractivity contribution in [1.29, 1.82) is 0 Å². The number of hydrogen-bond acceptors (Lipinski definition) is 11. The average molecular weight is 894 g/mol. The predicted octanol–water partition coefficient (Wildman–Crippen LogP) is 6.92. The first-order valence-electron chi connectivity index (χ1n) is 22.5. The van der Waals surface area contributed by atoms with Gasteiger partial charge in [0.2, 0.25) is 17.7 Å². The van der Waals surface area contributed by atoms with Crippen LogP contribution >= 0.6 is 0 Å². The largest absolute Gasteiger partial charge is 0.460 e. The first-order valence-corrected chi connectivity index (χ1v) is 23.9. The van der Waals surface area contributed by atoms with Crippen LogP contribution in [0.1, 0.15) is 149 Å². The van der Waals surface area contributed by atoms with E-state index in [-0.39, 0.29) is 56.0 Å². The summed E-state index contributed by atoms with van der Waals surface area (Å²) in [6, 6.07) is 4.92. The molecule has 1 saturated carbocycles. The van der Waals surface area contributed by atoms with Crippen LogP contribution in [0.3, 0.4) is 0 Å². The third-order valence-electron chi connectivity index (χ3n) is 12.0. The molecule has 4 heterocycles. The van der Waals surface area contributed by atoms with Gasteiger partial charge in [0.25, 0.3) is 11.9 Å². The summed E-state index contributed by atoms with van der Waals surface area (Å²) in [7, 11) is -1.56. The molecule has 0 bridgehead atoms. The van der Waals surface area contributed by atoms with Crippen LogP contribution in [0.4, 0.5) is 0 Å². The summed E-state index contributed by atoms with van der Waals surface area (Å²) in [6.07, 6.45) is 7.21. The lowest BCUT2D eigenvalue weighted by molar-refractivity contribution is -0.155. The van der Waals surface area contributed by atoms with E-state index < -0.39 is 63.1 Å². The number of fused-ring (bicyclic) bond motifs is 3. The Bertz CT molecular complexity index is 2300. The average Bonchev–Trinajstić information content (AvgIpc) is 3.51. The first-order chi connectivity index (χ1) is 29.5. The normalized spacial score (nSPS) is 23.8. The molecule has 0 radical (unpaired) electrons. The lowest BCUT2D eigenvalue weighted by Crippen LogP contribution is -2.57. The molecule has 0 spiro atoms. The number of benzene rings is 1. The van der Waals surface area contributed by atoms with E-state index in [9.17, 15) is 27.6 Å². The molecule has 346 valence electrons. The van der Waals surface area contributed by atoms with E-state index in [0.717, 1.165) is 40.5 Å². The molecule has 1 saturated heterocycles. The molecular formula is C46H67N7O9S. The zero-order chi connectivity index (χ0) is 46.2. The smallest absolute Gasteiger partial charge is 0.306 e. The number of nitrogens with zero attached hydrogens (tertiary/aromatic N) is 5. The Balaban J connectivity index is 1.36. The fraction of sp³-hybridized carbons (Fsp3) is 0.652. The summed E-state index contributed by atoms with van der Waals surface area (Å²) < 4.78 is 49.4. The van der Waals surface area contributed by atoms with Gasteiger partial charge >= 0.3 is 16.2 Å². The molecule has 2 N–H and O–H groups in total. The number of nitrogens with one attached hydrogen (secondary N) is 2. The molecule has 3 aliphatic rings. The van der Waals surface area contributed by atoms with Gasteiger partial charge in [0.1, 0.15) is 34.6 Å². The highest BCUT2D eigenvalue weighted by molar-refractivity contribution is 7.87. The second-order valence-electron chi connectivity index (χ2n) is 19.5. The van der Waals surface area contributed by atoms with Crippen LogP contribution in [0, 0.1) is 11.8 Å². The van der Waals surface area contributed by atoms with Crippen molar-refractivity contribution in [2.75, 3.05) is 20.6 Å². The number of amides is 3. The lowest BCUT2D eigenvalue weighted by atomic mass is 9.94. The first kappa shape index (κ1) is 47.7. The van der Waals surface area contributed by atoms with Crippen LogP contribution in [-0.2, 0) is 34.1 Å². The van der Waals surface area contributed by atoms with E-state index in [2.05, 4.69) is 37.7 Å². The summed E-state index contributed by atoms with van der Waals surface area (Å²) in [5.74, 6) is -1.66. The number of rotatable bonds is 12. The zero-order valence-electron chi connectivity index (χ0n) is 38.8. The minimum absolute atomic E-state index is 0.0228. The quantitative estimate of drug-likeness (QED) is 0.142. The van der Waals surface area contributed by atoms with Gasteiger partial charge in [0.15, 0.2) is 0 Å². The van der Waals surface area contributed by atoms with Crippen molar-refractivity contribution >= 4 is 44.9 Å². The molecule has 5 unspecified atom stereocenters. The van der Waals surface area contributed by atoms with E-state index in [1.807, 2.05) is 48.8 Å². The van der Waals surface area contributed by atoms with Crippen LogP contribution in [0.15, 0.2) is 34.8 Å². The van der Waals surface area contributed by atoms with E-state index in [0.29, 0.717) is 35.8 Å². The maximum atomic E-state index is 14.8. The van der Waals surface area contributed by atoms with Crippen molar-refractivity contribution in [3.05, 3.63) is 41.8 Å². The molecule has 16 nitrogen and oxygen atoms in total. The maximum Gasteiger partial charge on any atom is 0.306 e. The van der Waals surface area contributed by atoms with E-state index in [4.69, 9.17) is 23.9 Å². The van der Waals surface area contributed by atoms with Crippen molar-refractivity contribution in [3.8, 4) is 17.5 Å². The molecule has 63 heavy (non-hydrogen) atoms. The number of aromatic nitrogens is 3. The van der Waals surface area contributed by atoms with Gasteiger partial charge in [-0.2, -0.15) is 17.7 Å². The summed E-state index contributed by atoms with van der Waals surface area (Å²) >= 11 is 0. The predicted molar refractivity (Wildman–Crippen MR) is 239 cm³/mol. The van der Waals surface area contributed by atoms with E-state index in [1.165, 1.54) is 19.0 Å². The highest BCUT2D eigenvalue weighted by atomic mass is 32.2. The number of esters is 1. The lowest BCUT2D eigenvalue weighted by Gasteiger charge is -2.30. The van der Waals surface area contributed by atoms with Crippen molar-refractivity contribution in [2.45, 2.75) is 161 Å². The number of ether oxygens (including phenoxy) is 2. The highest BCUT2D eigenvalue weighted by Gasteiger charge is 2.62. The Morgan fingerprint density at radius 1 is 1.05 bits per heavy atom. The summed E-state index contributed by atoms with van der Waals surface area (Å²) in [6.45, 7) is 17.8. The SMILES string of the molecule is CC(C)c1nc(-c2cccc3c2nc(OC2CC4C(=O)NC5(C(=O)NS(=O)(=O)N(C)C)CC5C=CCCCCCC(CCC(=O)OC(C)(C)C)C(=O)N4C2)n3C(C)C)oc1C(C)C. The number of oxazole rings is 1. The van der Waals surface area contributed by atoms with Crippen LogP contribution in [0.2, 0.25) is 0 Å². The molecule has 17 heteroatoms. The highest BCUT2D eigenvalue weighted by Crippen LogP contribution is 2.46. The van der Waals surface area contributed by atoms with Gasteiger partial charge in [0, 0.05) is 50.7 Å². The van der Waals surface area contributed by atoms with Crippen molar-refractivity contribution in [3.63, 3.8) is 0 Å². The van der Waals surface area contributed by atoms with Crippen LogP contribution in [-0.4, -0.2) is 99.8 Å². The monoisotopic (exact) mass is 893 g/mol. The number of imidazole rings is 1. The Hall–Kier alpha value is -4.77. The minimum atomic E-state index is -4.18. The topological polar surface area (TPSA) is 195 Å².